The Morgan fingerprint density at radius 3 is 1.38 bits per heavy atom. The highest BCUT2D eigenvalue weighted by molar-refractivity contribution is 5.72. The van der Waals surface area contributed by atoms with E-state index in [1.165, 1.54) is 0 Å². The van der Waals surface area contributed by atoms with Gasteiger partial charge in [-0.2, -0.15) is 0 Å². The van der Waals surface area contributed by atoms with E-state index in [1.54, 1.807) is 0 Å². The number of esters is 2. The van der Waals surface area contributed by atoms with Crippen LogP contribution in [0.25, 0.3) is 0 Å². The zero-order valence-corrected chi connectivity index (χ0v) is 35.5. The van der Waals surface area contributed by atoms with Crippen molar-refractivity contribution in [2.45, 2.75) is 135 Å². The van der Waals surface area contributed by atoms with E-state index < -0.39 is 18.1 Å². The maximum Gasteiger partial charge on any atom is 0.362 e. The Hall–Kier alpha value is -4.01. The number of hydrogen-bond donors (Lipinski definition) is 1. The Bertz CT molecular complexity index is 1280. The number of likely N-dealkylation sites (N-methyl/N-ethyl adjacent to an activating group) is 1. The summed E-state index contributed by atoms with van der Waals surface area (Å²) in [5, 5.41) is 9.61. The fourth-order valence-corrected chi connectivity index (χ4v) is 5.23. The van der Waals surface area contributed by atoms with Crippen LogP contribution in [0.2, 0.25) is 0 Å². The Labute approximate surface area is 340 Å². The van der Waals surface area contributed by atoms with Crippen molar-refractivity contribution in [3.05, 3.63) is 109 Å². The van der Waals surface area contributed by atoms with Crippen LogP contribution in [0.3, 0.4) is 0 Å². The van der Waals surface area contributed by atoms with Gasteiger partial charge in [0, 0.05) is 19.3 Å². The Morgan fingerprint density at radius 1 is 0.536 bits per heavy atom. The molecule has 0 fully saturated rings. The van der Waals surface area contributed by atoms with Gasteiger partial charge in [-0.05, 0) is 89.9 Å². The second-order valence-corrected chi connectivity index (χ2v) is 14.5. The lowest BCUT2D eigenvalue weighted by atomic mass is 10.1. The quantitative estimate of drug-likeness (QED) is 0.0296. The van der Waals surface area contributed by atoms with Crippen molar-refractivity contribution in [2.24, 2.45) is 0 Å². The third-order valence-electron chi connectivity index (χ3n) is 8.42. The average molecular weight is 779 g/mol. The lowest BCUT2D eigenvalue weighted by Gasteiger charge is -2.31. The zero-order valence-electron chi connectivity index (χ0n) is 35.5. The molecule has 0 heterocycles. The molecule has 8 heteroatoms. The summed E-state index contributed by atoms with van der Waals surface area (Å²) >= 11 is 0. The van der Waals surface area contributed by atoms with E-state index in [9.17, 15) is 19.5 Å². The molecule has 0 saturated heterocycles. The molecule has 0 saturated carbocycles. The Kier molecular flexibility index (Phi) is 35.2. The number of rotatable bonds is 35. The molecule has 56 heavy (non-hydrogen) atoms. The maximum atomic E-state index is 12.7. The van der Waals surface area contributed by atoms with E-state index >= 15 is 0 Å². The van der Waals surface area contributed by atoms with Crippen LogP contribution < -0.4 is 0 Å². The van der Waals surface area contributed by atoms with E-state index in [2.05, 4.69) is 123 Å². The number of carbonyl (C=O) groups excluding carboxylic acids is 2. The van der Waals surface area contributed by atoms with E-state index in [0.717, 1.165) is 77.0 Å². The van der Waals surface area contributed by atoms with Crippen molar-refractivity contribution >= 4 is 17.9 Å². The first-order valence-electron chi connectivity index (χ1n) is 20.9. The highest BCUT2D eigenvalue weighted by Gasteiger charge is 2.31. The number of ether oxygens (including phenoxy) is 3. The molecule has 8 nitrogen and oxygen atoms in total. The van der Waals surface area contributed by atoms with Crippen molar-refractivity contribution < 1.29 is 38.2 Å². The summed E-state index contributed by atoms with van der Waals surface area (Å²) in [7, 11) is 5.47. The van der Waals surface area contributed by atoms with Crippen molar-refractivity contribution in [2.75, 3.05) is 41.0 Å². The standard InChI is InChI=1S/C48H75NO7/c1-6-8-10-12-14-16-18-20-22-23-25-27-29-31-33-35-37-39-47(51)56-44(42-54-41-40-45(48(52)53)49(3,4)5)43-55-46(50)38-36-34-32-30-28-26-24-21-19-17-15-13-11-9-7-2/h8-11,14-17,20-22,24-25,27-28,30-31,33,44-45H,6-7,12-13,18-19,23,26,29,32,34-43H2,1-5H3/p+1/b10-8-,11-9-,16-14-,17-15-,22-20-,24-21-,27-25-,30-28-,33-31-. The van der Waals surface area contributed by atoms with Crippen LogP contribution in [0.1, 0.15) is 123 Å². The number of carbonyl (C=O) groups is 3. The van der Waals surface area contributed by atoms with E-state index in [4.69, 9.17) is 14.2 Å². The van der Waals surface area contributed by atoms with Gasteiger partial charge in [0.05, 0.1) is 34.4 Å². The number of nitrogens with zero attached hydrogens (tertiary/aromatic N) is 1. The molecule has 0 radical (unpaired) electrons. The third kappa shape index (κ3) is 35.7. The molecule has 0 amide bonds. The number of carboxylic acids is 1. The van der Waals surface area contributed by atoms with Crippen LogP contribution >= 0.6 is 0 Å². The molecule has 0 aromatic heterocycles. The molecule has 0 rings (SSSR count). The highest BCUT2D eigenvalue weighted by atomic mass is 16.6. The Morgan fingerprint density at radius 2 is 0.946 bits per heavy atom. The lowest BCUT2D eigenvalue weighted by Crippen LogP contribution is -2.50. The van der Waals surface area contributed by atoms with E-state index in [-0.39, 0.29) is 49.1 Å². The Balaban J connectivity index is 4.58. The molecule has 0 aromatic rings. The normalized spacial score (nSPS) is 14.1. The predicted octanol–water partition coefficient (Wildman–Crippen LogP) is 11.3. The van der Waals surface area contributed by atoms with Crippen molar-refractivity contribution in [3.8, 4) is 0 Å². The molecule has 0 aliphatic rings. The molecule has 0 spiro atoms. The summed E-state index contributed by atoms with van der Waals surface area (Å²) in [6.45, 7) is 4.36. The molecule has 2 atom stereocenters. The molecular formula is C48H76NO7+. The van der Waals surface area contributed by atoms with Crippen LogP contribution in [0.5, 0.6) is 0 Å². The summed E-state index contributed by atoms with van der Waals surface area (Å²) in [5.41, 5.74) is 0. The maximum absolute atomic E-state index is 12.7. The second-order valence-electron chi connectivity index (χ2n) is 14.5. The monoisotopic (exact) mass is 779 g/mol. The predicted molar refractivity (Wildman–Crippen MR) is 233 cm³/mol. The van der Waals surface area contributed by atoms with Crippen LogP contribution in [0.15, 0.2) is 109 Å². The fourth-order valence-electron chi connectivity index (χ4n) is 5.23. The van der Waals surface area contributed by atoms with Gasteiger partial charge in [0.2, 0.25) is 0 Å². The topological polar surface area (TPSA) is 99.1 Å². The molecule has 2 unspecified atom stereocenters. The lowest BCUT2D eigenvalue weighted by molar-refractivity contribution is -0.887. The van der Waals surface area contributed by atoms with Crippen LogP contribution in [-0.4, -0.2) is 80.6 Å². The summed E-state index contributed by atoms with van der Waals surface area (Å²) < 4.78 is 17.1. The molecule has 1 N–H and O–H groups in total. The number of unbranched alkanes of at least 4 members (excludes halogenated alkanes) is 3. The van der Waals surface area contributed by atoms with Crippen molar-refractivity contribution in [1.29, 1.82) is 0 Å². The van der Waals surface area contributed by atoms with Crippen LogP contribution in [-0.2, 0) is 28.6 Å². The summed E-state index contributed by atoms with van der Waals surface area (Å²) in [6, 6.07) is -0.638. The van der Waals surface area contributed by atoms with Gasteiger partial charge in [-0.25, -0.2) is 4.79 Å². The SMILES string of the molecule is CC/C=C\C/C=C\C/C=C\C/C=C\C/C=C\CCCC(=O)OC(COCCC(C(=O)O)[N+](C)(C)C)COC(=O)CCCC/C=C\C/C=C\C/C=C\C/C=C\CC. The molecule has 0 bridgehead atoms. The first-order chi connectivity index (χ1) is 27.1. The van der Waals surface area contributed by atoms with Gasteiger partial charge in [0.15, 0.2) is 12.1 Å². The van der Waals surface area contributed by atoms with Gasteiger partial charge >= 0.3 is 17.9 Å². The van der Waals surface area contributed by atoms with Crippen LogP contribution in [0.4, 0.5) is 0 Å². The van der Waals surface area contributed by atoms with Gasteiger partial charge < -0.3 is 23.8 Å². The number of allylic oxidation sites excluding steroid dienone is 18. The number of aliphatic carboxylic acids is 1. The average Bonchev–Trinajstić information content (AvgIpc) is 3.15. The number of quaternary nitrogens is 1. The van der Waals surface area contributed by atoms with Crippen molar-refractivity contribution in [3.63, 3.8) is 0 Å². The first kappa shape index (κ1) is 52.0. The van der Waals surface area contributed by atoms with Gasteiger partial charge in [-0.1, -0.05) is 123 Å². The smallest absolute Gasteiger partial charge is 0.362 e. The summed E-state index contributed by atoms with van der Waals surface area (Å²) in [4.78, 5) is 36.9. The minimum absolute atomic E-state index is 0.0170. The van der Waals surface area contributed by atoms with Gasteiger partial charge in [-0.3, -0.25) is 9.59 Å². The molecule has 0 aliphatic carbocycles. The molecule has 0 aromatic carbocycles. The summed E-state index contributed by atoms with van der Waals surface area (Å²) in [6.07, 6.45) is 51.4. The molecule has 0 aliphatic heterocycles. The van der Waals surface area contributed by atoms with E-state index in [1.807, 2.05) is 21.1 Å². The second kappa shape index (κ2) is 37.9. The largest absolute Gasteiger partial charge is 0.477 e. The molecular weight excluding hydrogens is 703 g/mol. The van der Waals surface area contributed by atoms with E-state index in [0.29, 0.717) is 19.3 Å². The summed E-state index contributed by atoms with van der Waals surface area (Å²) in [5.74, 6) is -1.62. The fraction of sp³-hybridized carbons (Fsp3) is 0.562. The van der Waals surface area contributed by atoms with Crippen LogP contribution in [0, 0.1) is 0 Å². The van der Waals surface area contributed by atoms with Gasteiger partial charge in [-0.15, -0.1) is 0 Å². The zero-order chi connectivity index (χ0) is 41.4. The van der Waals surface area contributed by atoms with Gasteiger partial charge in [0.25, 0.3) is 0 Å². The van der Waals surface area contributed by atoms with Crippen molar-refractivity contribution in [1.82, 2.24) is 0 Å². The minimum Gasteiger partial charge on any atom is -0.477 e. The minimum atomic E-state index is -0.896. The van der Waals surface area contributed by atoms with Gasteiger partial charge in [0.1, 0.15) is 6.61 Å². The third-order valence-corrected chi connectivity index (χ3v) is 8.42. The molecule has 314 valence electrons. The first-order valence-corrected chi connectivity index (χ1v) is 20.9. The highest BCUT2D eigenvalue weighted by Crippen LogP contribution is 2.11. The number of hydrogen-bond acceptors (Lipinski definition) is 6. The number of carboxylic acid groups (broad SMARTS) is 1.